The molecule has 0 spiro atoms. The van der Waals surface area contributed by atoms with E-state index in [1.165, 1.54) is 12.1 Å². The molecule has 1 amide bonds. The van der Waals surface area contributed by atoms with Crippen LogP contribution >= 0.6 is 0 Å². The molecule has 1 aliphatic rings. The van der Waals surface area contributed by atoms with Gasteiger partial charge >= 0.3 is 0 Å². The molecule has 1 atom stereocenters. The molecule has 0 radical (unpaired) electrons. The third-order valence-electron chi connectivity index (χ3n) is 3.33. The van der Waals surface area contributed by atoms with Crippen LogP contribution in [0.4, 0.5) is 4.39 Å². The SMILES string of the molecule is NC(=O)[C@@]1(O)CCCN(Cc2ccc(F)cc2)C1. The van der Waals surface area contributed by atoms with Crippen LogP contribution in [0.15, 0.2) is 24.3 Å². The zero-order valence-electron chi connectivity index (χ0n) is 10.1. The molecule has 0 saturated carbocycles. The molecule has 0 bridgehead atoms. The summed E-state index contributed by atoms with van der Waals surface area (Å²) in [4.78, 5) is 13.2. The van der Waals surface area contributed by atoms with Crippen molar-refractivity contribution in [3.63, 3.8) is 0 Å². The van der Waals surface area contributed by atoms with Crippen LogP contribution in [-0.4, -0.2) is 34.6 Å². The number of piperidine rings is 1. The maximum absolute atomic E-state index is 12.8. The highest BCUT2D eigenvalue weighted by atomic mass is 19.1. The van der Waals surface area contributed by atoms with Crippen LogP contribution in [0.3, 0.4) is 0 Å². The Hall–Kier alpha value is -1.46. The molecule has 0 aromatic heterocycles. The number of aliphatic hydroxyl groups is 1. The average Bonchev–Trinajstić information content (AvgIpc) is 2.32. The second kappa shape index (κ2) is 5.04. The maximum atomic E-state index is 12.8. The molecular formula is C13H17FN2O2. The van der Waals surface area contributed by atoms with Crippen LogP contribution in [0.5, 0.6) is 0 Å². The Kier molecular flexibility index (Phi) is 3.63. The van der Waals surface area contributed by atoms with Crippen LogP contribution in [0, 0.1) is 5.82 Å². The van der Waals surface area contributed by atoms with Gasteiger partial charge in [-0.15, -0.1) is 0 Å². The van der Waals surface area contributed by atoms with Crippen LogP contribution in [0.25, 0.3) is 0 Å². The summed E-state index contributed by atoms with van der Waals surface area (Å²) >= 11 is 0. The second-order valence-corrected chi connectivity index (χ2v) is 4.84. The Morgan fingerprint density at radius 1 is 1.44 bits per heavy atom. The highest BCUT2D eigenvalue weighted by Gasteiger charge is 2.38. The predicted molar refractivity (Wildman–Crippen MR) is 65.1 cm³/mol. The normalized spacial score (nSPS) is 25.0. The number of β-amino-alcohol motifs (C(OH)–C–C–N with tert-alkyl or cyclic N) is 1. The molecule has 1 heterocycles. The van der Waals surface area contributed by atoms with E-state index in [-0.39, 0.29) is 12.4 Å². The molecule has 3 N–H and O–H groups in total. The molecule has 4 nitrogen and oxygen atoms in total. The van der Waals surface area contributed by atoms with E-state index >= 15 is 0 Å². The Morgan fingerprint density at radius 2 is 2.11 bits per heavy atom. The fourth-order valence-corrected chi connectivity index (χ4v) is 2.31. The lowest BCUT2D eigenvalue weighted by Crippen LogP contribution is -2.55. The van der Waals surface area contributed by atoms with Gasteiger partial charge in [0.25, 0.3) is 5.91 Å². The van der Waals surface area contributed by atoms with Crippen molar-refractivity contribution in [2.45, 2.75) is 25.0 Å². The van der Waals surface area contributed by atoms with Gasteiger partial charge in [-0.2, -0.15) is 0 Å². The van der Waals surface area contributed by atoms with Gasteiger partial charge in [0.05, 0.1) is 0 Å². The first-order valence-corrected chi connectivity index (χ1v) is 5.99. The molecule has 1 aliphatic heterocycles. The zero-order chi connectivity index (χ0) is 13.2. The van der Waals surface area contributed by atoms with Gasteiger partial charge in [-0.05, 0) is 37.1 Å². The van der Waals surface area contributed by atoms with E-state index in [1.54, 1.807) is 12.1 Å². The van der Waals surface area contributed by atoms with Crippen molar-refractivity contribution in [3.8, 4) is 0 Å². The molecule has 1 aromatic rings. The number of nitrogens with two attached hydrogens (primary N) is 1. The van der Waals surface area contributed by atoms with Crippen molar-refractivity contribution in [2.75, 3.05) is 13.1 Å². The molecule has 5 heteroatoms. The van der Waals surface area contributed by atoms with Gasteiger partial charge in [0.2, 0.25) is 0 Å². The van der Waals surface area contributed by atoms with Crippen molar-refractivity contribution in [3.05, 3.63) is 35.6 Å². The number of nitrogens with zero attached hydrogens (tertiary/aromatic N) is 1. The third-order valence-corrected chi connectivity index (χ3v) is 3.33. The lowest BCUT2D eigenvalue weighted by Gasteiger charge is -2.37. The number of halogens is 1. The summed E-state index contributed by atoms with van der Waals surface area (Å²) in [6.07, 6.45) is 1.13. The molecule has 2 rings (SSSR count). The van der Waals surface area contributed by atoms with Crippen LogP contribution in [0.2, 0.25) is 0 Å². The first-order valence-electron chi connectivity index (χ1n) is 5.99. The molecule has 1 fully saturated rings. The Morgan fingerprint density at radius 3 is 2.72 bits per heavy atom. The lowest BCUT2D eigenvalue weighted by atomic mass is 9.92. The predicted octanol–water partition coefficient (Wildman–Crippen LogP) is 0.638. The van der Waals surface area contributed by atoms with E-state index in [9.17, 15) is 14.3 Å². The molecule has 1 aromatic carbocycles. The lowest BCUT2D eigenvalue weighted by molar-refractivity contribution is -0.142. The smallest absolute Gasteiger partial charge is 0.250 e. The van der Waals surface area contributed by atoms with Gasteiger partial charge in [0.15, 0.2) is 5.60 Å². The number of benzene rings is 1. The Bertz CT molecular complexity index is 435. The van der Waals surface area contributed by atoms with Crippen molar-refractivity contribution in [1.29, 1.82) is 0 Å². The number of amides is 1. The maximum Gasteiger partial charge on any atom is 0.250 e. The van der Waals surface area contributed by atoms with E-state index in [4.69, 9.17) is 5.73 Å². The van der Waals surface area contributed by atoms with E-state index < -0.39 is 11.5 Å². The van der Waals surface area contributed by atoms with Gasteiger partial charge in [0, 0.05) is 13.1 Å². The summed E-state index contributed by atoms with van der Waals surface area (Å²) in [7, 11) is 0. The molecule has 0 aliphatic carbocycles. The highest BCUT2D eigenvalue weighted by Crippen LogP contribution is 2.22. The fourth-order valence-electron chi connectivity index (χ4n) is 2.31. The minimum Gasteiger partial charge on any atom is -0.379 e. The first-order chi connectivity index (χ1) is 8.49. The summed E-state index contributed by atoms with van der Waals surface area (Å²) in [5.41, 5.74) is 4.73. The van der Waals surface area contributed by atoms with E-state index in [0.717, 1.165) is 18.5 Å². The molecule has 18 heavy (non-hydrogen) atoms. The number of hydrogen-bond acceptors (Lipinski definition) is 3. The summed E-state index contributed by atoms with van der Waals surface area (Å²) in [6.45, 7) is 1.61. The highest BCUT2D eigenvalue weighted by molar-refractivity contribution is 5.83. The van der Waals surface area contributed by atoms with Crippen LogP contribution in [0.1, 0.15) is 18.4 Å². The minimum atomic E-state index is -1.43. The fraction of sp³-hybridized carbons (Fsp3) is 0.462. The summed E-state index contributed by atoms with van der Waals surface area (Å²) < 4.78 is 12.8. The van der Waals surface area contributed by atoms with Gasteiger partial charge in [-0.25, -0.2) is 4.39 Å². The van der Waals surface area contributed by atoms with Gasteiger partial charge < -0.3 is 10.8 Å². The van der Waals surface area contributed by atoms with E-state index in [1.807, 2.05) is 4.90 Å². The first kappa shape index (κ1) is 13.0. The Balaban J connectivity index is 2.02. The number of primary amides is 1. The summed E-state index contributed by atoms with van der Waals surface area (Å²) in [6, 6.07) is 6.21. The number of carbonyl (C=O) groups is 1. The van der Waals surface area contributed by atoms with Crippen LogP contribution in [-0.2, 0) is 11.3 Å². The van der Waals surface area contributed by atoms with Gasteiger partial charge in [0.1, 0.15) is 5.82 Å². The summed E-state index contributed by atoms with van der Waals surface area (Å²) in [5.74, 6) is -0.947. The van der Waals surface area contributed by atoms with Crippen molar-refractivity contribution in [1.82, 2.24) is 4.90 Å². The molecule has 98 valence electrons. The zero-order valence-corrected chi connectivity index (χ0v) is 10.1. The third kappa shape index (κ3) is 2.86. The number of rotatable bonds is 3. The quantitative estimate of drug-likeness (QED) is 0.829. The van der Waals surface area contributed by atoms with E-state index in [2.05, 4.69) is 0 Å². The molecule has 1 saturated heterocycles. The molecular weight excluding hydrogens is 235 g/mol. The average molecular weight is 252 g/mol. The van der Waals surface area contributed by atoms with Gasteiger partial charge in [-0.1, -0.05) is 12.1 Å². The van der Waals surface area contributed by atoms with Crippen LogP contribution < -0.4 is 5.73 Å². The minimum absolute atomic E-state index is 0.236. The second-order valence-electron chi connectivity index (χ2n) is 4.84. The topological polar surface area (TPSA) is 66.6 Å². The number of likely N-dealkylation sites (tertiary alicyclic amines) is 1. The number of hydrogen-bond donors (Lipinski definition) is 2. The monoisotopic (exact) mass is 252 g/mol. The summed E-state index contributed by atoms with van der Waals surface area (Å²) in [5, 5.41) is 10.1. The van der Waals surface area contributed by atoms with Crippen molar-refractivity contribution >= 4 is 5.91 Å². The van der Waals surface area contributed by atoms with Gasteiger partial charge in [-0.3, -0.25) is 9.69 Å². The molecule has 0 unspecified atom stereocenters. The van der Waals surface area contributed by atoms with E-state index in [0.29, 0.717) is 13.0 Å². The standard InChI is InChI=1S/C13H17FN2O2/c14-11-4-2-10(3-5-11)8-16-7-1-6-13(18,9-16)12(15)17/h2-5,18H,1,6-9H2,(H2,15,17)/t13-/m1/s1. The Labute approximate surface area is 105 Å². The number of carbonyl (C=O) groups excluding carboxylic acids is 1. The van der Waals surface area contributed by atoms with Crippen molar-refractivity contribution in [2.24, 2.45) is 5.73 Å². The van der Waals surface area contributed by atoms with Crippen molar-refractivity contribution < 1.29 is 14.3 Å². The largest absolute Gasteiger partial charge is 0.379 e.